The minimum atomic E-state index is -1.06. The van der Waals surface area contributed by atoms with Gasteiger partial charge in [0.25, 0.3) is 0 Å². The Morgan fingerprint density at radius 1 is 1.28 bits per heavy atom. The van der Waals surface area contributed by atoms with Crippen LogP contribution in [0, 0.1) is 5.82 Å². The number of halogens is 1. The van der Waals surface area contributed by atoms with Crippen LogP contribution in [-0.2, 0) is 16.1 Å². The Morgan fingerprint density at radius 3 is 2.48 bits per heavy atom. The highest BCUT2D eigenvalue weighted by Crippen LogP contribution is 2.08. The molecule has 140 valence electrons. The lowest BCUT2D eigenvalue weighted by Gasteiger charge is -2.23. The quantitative estimate of drug-likeness (QED) is 0.435. The Kier molecular flexibility index (Phi) is 8.30. The number of nitrogens with zero attached hydrogens (tertiary/aromatic N) is 1. The maximum absolute atomic E-state index is 12.9. The Labute approximate surface area is 146 Å². The van der Waals surface area contributed by atoms with Crippen molar-refractivity contribution in [1.82, 2.24) is 10.2 Å². The van der Waals surface area contributed by atoms with Gasteiger partial charge in [0.15, 0.2) is 0 Å². The van der Waals surface area contributed by atoms with Crippen LogP contribution in [0.3, 0.4) is 0 Å². The molecule has 1 aromatic carbocycles. The van der Waals surface area contributed by atoms with Crippen LogP contribution in [-0.4, -0.2) is 53.8 Å². The highest BCUT2D eigenvalue weighted by atomic mass is 19.1. The molecule has 0 bridgehead atoms. The molecule has 0 radical (unpaired) electrons. The Bertz CT molecular complexity index is 564. The summed E-state index contributed by atoms with van der Waals surface area (Å²) in [7, 11) is 0. The van der Waals surface area contributed by atoms with E-state index in [9.17, 15) is 19.1 Å². The molecule has 1 aromatic rings. The van der Waals surface area contributed by atoms with Gasteiger partial charge >= 0.3 is 12.1 Å². The van der Waals surface area contributed by atoms with Crippen LogP contribution >= 0.6 is 0 Å². The van der Waals surface area contributed by atoms with E-state index in [1.54, 1.807) is 26.0 Å². The number of benzene rings is 1. The Balaban J connectivity index is 2.30. The van der Waals surface area contributed by atoms with E-state index < -0.39 is 11.7 Å². The van der Waals surface area contributed by atoms with Crippen molar-refractivity contribution in [2.24, 2.45) is 5.73 Å². The number of ether oxygens (including phenoxy) is 1. The number of carbonyl (C=O) groups is 2. The van der Waals surface area contributed by atoms with E-state index in [-0.39, 0.29) is 37.8 Å². The molecule has 0 aliphatic carbocycles. The standard InChI is InChI=1S/C17H26FN3O4/c1-17(2,12-19)25-15(22)7-8-20-9-10-21(16(23)24)11-13-3-5-14(18)6-4-13/h3-6,20H,7-12,19H2,1-2H3,(H,23,24). The molecule has 0 saturated heterocycles. The fourth-order valence-electron chi connectivity index (χ4n) is 1.98. The van der Waals surface area contributed by atoms with Gasteiger partial charge in [-0.25, -0.2) is 9.18 Å². The number of nitrogens with one attached hydrogen (secondary N) is 1. The molecule has 7 nitrogen and oxygen atoms in total. The third kappa shape index (κ3) is 8.46. The van der Waals surface area contributed by atoms with Crippen molar-refractivity contribution in [3.05, 3.63) is 35.6 Å². The van der Waals surface area contributed by atoms with Crippen LogP contribution < -0.4 is 11.1 Å². The van der Waals surface area contributed by atoms with Gasteiger partial charge < -0.3 is 25.8 Å². The van der Waals surface area contributed by atoms with Gasteiger partial charge in [-0.3, -0.25) is 4.79 Å². The lowest BCUT2D eigenvalue weighted by molar-refractivity contribution is -0.155. The summed E-state index contributed by atoms with van der Waals surface area (Å²) in [5.74, 6) is -0.721. The molecule has 4 N–H and O–H groups in total. The first kappa shape index (κ1) is 20.9. The monoisotopic (exact) mass is 355 g/mol. The SMILES string of the molecule is CC(C)(CN)OC(=O)CCNCCN(Cc1ccc(F)cc1)C(=O)O. The first-order valence-electron chi connectivity index (χ1n) is 8.08. The van der Waals surface area contributed by atoms with Gasteiger partial charge in [0, 0.05) is 32.7 Å². The topological polar surface area (TPSA) is 105 Å². The van der Waals surface area contributed by atoms with E-state index in [1.165, 1.54) is 17.0 Å². The zero-order valence-electron chi connectivity index (χ0n) is 14.6. The van der Waals surface area contributed by atoms with E-state index in [2.05, 4.69) is 5.32 Å². The minimum absolute atomic E-state index is 0.171. The Morgan fingerprint density at radius 2 is 1.92 bits per heavy atom. The molecule has 0 unspecified atom stereocenters. The number of rotatable bonds is 10. The summed E-state index contributed by atoms with van der Waals surface area (Å²) in [6, 6.07) is 5.69. The predicted octanol–water partition coefficient (Wildman–Crippen LogP) is 1.57. The summed E-state index contributed by atoms with van der Waals surface area (Å²) in [4.78, 5) is 24.1. The van der Waals surface area contributed by atoms with E-state index in [0.29, 0.717) is 18.7 Å². The van der Waals surface area contributed by atoms with E-state index >= 15 is 0 Å². The molecule has 0 aliphatic heterocycles. The molecule has 0 spiro atoms. The van der Waals surface area contributed by atoms with Crippen LogP contribution in [0.2, 0.25) is 0 Å². The van der Waals surface area contributed by atoms with Crippen LogP contribution in [0.5, 0.6) is 0 Å². The average Bonchev–Trinajstić information content (AvgIpc) is 2.54. The molecule has 0 atom stereocenters. The Hall–Kier alpha value is -2.19. The molecule has 0 aromatic heterocycles. The van der Waals surface area contributed by atoms with Crippen LogP contribution in [0.25, 0.3) is 0 Å². The van der Waals surface area contributed by atoms with E-state index in [1.807, 2.05) is 0 Å². The second-order valence-electron chi connectivity index (χ2n) is 6.27. The van der Waals surface area contributed by atoms with Gasteiger partial charge in [-0.1, -0.05) is 12.1 Å². The summed E-state index contributed by atoms with van der Waals surface area (Å²) in [6.45, 7) is 4.89. The highest BCUT2D eigenvalue weighted by molar-refractivity contribution is 5.70. The smallest absolute Gasteiger partial charge is 0.407 e. The van der Waals surface area contributed by atoms with Gasteiger partial charge in [-0.15, -0.1) is 0 Å². The first-order valence-corrected chi connectivity index (χ1v) is 8.08. The molecular formula is C17H26FN3O4. The molecule has 0 heterocycles. The van der Waals surface area contributed by atoms with Crippen molar-refractivity contribution in [1.29, 1.82) is 0 Å². The number of hydrogen-bond donors (Lipinski definition) is 3. The first-order chi connectivity index (χ1) is 11.7. The number of esters is 1. The number of nitrogens with two attached hydrogens (primary N) is 1. The third-order valence-corrected chi connectivity index (χ3v) is 3.50. The van der Waals surface area contributed by atoms with Crippen LogP contribution in [0.1, 0.15) is 25.8 Å². The number of amides is 1. The maximum Gasteiger partial charge on any atom is 0.407 e. The zero-order valence-corrected chi connectivity index (χ0v) is 14.6. The second kappa shape index (κ2) is 9.95. The summed E-state index contributed by atoms with van der Waals surface area (Å²) >= 11 is 0. The number of carboxylic acid groups (broad SMARTS) is 1. The molecule has 0 aliphatic rings. The molecule has 1 amide bonds. The van der Waals surface area contributed by atoms with E-state index in [0.717, 1.165) is 0 Å². The summed E-state index contributed by atoms with van der Waals surface area (Å²) in [5.41, 5.74) is 5.51. The van der Waals surface area contributed by atoms with Crippen molar-refractivity contribution in [3.63, 3.8) is 0 Å². The third-order valence-electron chi connectivity index (χ3n) is 3.50. The number of carbonyl (C=O) groups excluding carboxylic acids is 1. The second-order valence-corrected chi connectivity index (χ2v) is 6.27. The highest BCUT2D eigenvalue weighted by Gasteiger charge is 2.20. The van der Waals surface area contributed by atoms with Gasteiger partial charge in [-0.05, 0) is 31.5 Å². The largest absolute Gasteiger partial charge is 0.465 e. The lowest BCUT2D eigenvalue weighted by Crippen LogP contribution is -2.38. The van der Waals surface area contributed by atoms with Crippen molar-refractivity contribution >= 4 is 12.1 Å². The van der Waals surface area contributed by atoms with Crippen LogP contribution in [0.4, 0.5) is 9.18 Å². The van der Waals surface area contributed by atoms with Gasteiger partial charge in [-0.2, -0.15) is 0 Å². The normalized spacial score (nSPS) is 11.2. The molecule has 1 rings (SSSR count). The summed E-state index contributed by atoms with van der Waals surface area (Å²) < 4.78 is 18.1. The van der Waals surface area contributed by atoms with Crippen molar-refractivity contribution in [3.8, 4) is 0 Å². The predicted molar refractivity (Wildman–Crippen MR) is 91.5 cm³/mol. The van der Waals surface area contributed by atoms with Gasteiger partial charge in [0.2, 0.25) is 0 Å². The maximum atomic E-state index is 12.9. The summed E-state index contributed by atoms with van der Waals surface area (Å²) in [6.07, 6.45) is -0.885. The van der Waals surface area contributed by atoms with Crippen molar-refractivity contribution in [2.75, 3.05) is 26.2 Å². The molecule has 25 heavy (non-hydrogen) atoms. The van der Waals surface area contributed by atoms with E-state index in [4.69, 9.17) is 10.5 Å². The minimum Gasteiger partial charge on any atom is -0.465 e. The van der Waals surface area contributed by atoms with Gasteiger partial charge in [0.05, 0.1) is 6.42 Å². The zero-order chi connectivity index (χ0) is 18.9. The summed E-state index contributed by atoms with van der Waals surface area (Å²) in [5, 5.41) is 12.2. The fraction of sp³-hybridized carbons (Fsp3) is 0.529. The molecule has 8 heteroatoms. The molecule has 0 saturated carbocycles. The van der Waals surface area contributed by atoms with Crippen molar-refractivity contribution < 1.29 is 23.8 Å². The molecule has 0 fully saturated rings. The average molecular weight is 355 g/mol. The lowest BCUT2D eigenvalue weighted by atomic mass is 10.1. The molecular weight excluding hydrogens is 329 g/mol. The van der Waals surface area contributed by atoms with Crippen molar-refractivity contribution in [2.45, 2.75) is 32.4 Å². The number of hydrogen-bond acceptors (Lipinski definition) is 5. The van der Waals surface area contributed by atoms with Gasteiger partial charge in [0.1, 0.15) is 11.4 Å². The fourth-order valence-corrected chi connectivity index (χ4v) is 1.98. The van der Waals surface area contributed by atoms with Crippen LogP contribution in [0.15, 0.2) is 24.3 Å².